The van der Waals surface area contributed by atoms with Crippen molar-refractivity contribution >= 4 is 10.0 Å². The summed E-state index contributed by atoms with van der Waals surface area (Å²) in [6.07, 6.45) is 3.45. The number of rotatable bonds is 7. The zero-order valence-electron chi connectivity index (χ0n) is 9.80. The maximum atomic E-state index is 12.2. The number of hydrogen-bond acceptors (Lipinski definition) is 4. The van der Waals surface area contributed by atoms with Gasteiger partial charge in [-0.25, -0.2) is 8.42 Å². The van der Waals surface area contributed by atoms with E-state index >= 15 is 0 Å². The second-order valence-corrected chi connectivity index (χ2v) is 6.67. The van der Waals surface area contributed by atoms with Crippen molar-refractivity contribution in [3.8, 4) is 0 Å². The van der Waals surface area contributed by atoms with Gasteiger partial charge in [0.15, 0.2) is 0 Å². The van der Waals surface area contributed by atoms with Gasteiger partial charge in [-0.3, -0.25) is 0 Å². The van der Waals surface area contributed by atoms with Gasteiger partial charge in [0.2, 0.25) is 10.0 Å². The van der Waals surface area contributed by atoms with E-state index < -0.39 is 15.3 Å². The molecule has 1 aliphatic rings. The molecule has 5 nitrogen and oxygen atoms in total. The minimum absolute atomic E-state index is 0.0236. The molecule has 0 aromatic heterocycles. The summed E-state index contributed by atoms with van der Waals surface area (Å²) >= 11 is 0. The molecule has 0 saturated heterocycles. The van der Waals surface area contributed by atoms with Gasteiger partial charge in [-0.1, -0.05) is 6.42 Å². The number of hydrogen-bond donors (Lipinski definition) is 2. The first kappa shape index (κ1) is 13.9. The predicted octanol–water partition coefficient (Wildman–Crippen LogP) is -0.0997. The monoisotopic (exact) mass is 250 g/mol. The van der Waals surface area contributed by atoms with Crippen molar-refractivity contribution in [3.05, 3.63) is 0 Å². The van der Waals surface area contributed by atoms with Gasteiger partial charge in [0, 0.05) is 25.7 Å². The van der Waals surface area contributed by atoms with Crippen LogP contribution in [-0.4, -0.2) is 48.8 Å². The summed E-state index contributed by atoms with van der Waals surface area (Å²) in [6.45, 7) is 2.22. The summed E-state index contributed by atoms with van der Waals surface area (Å²) in [4.78, 5) is 0. The first-order chi connectivity index (χ1) is 7.54. The Bertz CT molecular complexity index is 301. The van der Waals surface area contributed by atoms with Gasteiger partial charge in [0.1, 0.15) is 0 Å². The Morgan fingerprint density at radius 3 is 2.50 bits per heavy atom. The van der Waals surface area contributed by atoms with Crippen molar-refractivity contribution in [1.29, 1.82) is 0 Å². The van der Waals surface area contributed by atoms with Crippen molar-refractivity contribution in [3.63, 3.8) is 0 Å². The van der Waals surface area contributed by atoms with Crippen LogP contribution >= 0.6 is 0 Å². The number of nitrogens with two attached hydrogens (primary N) is 1. The molecule has 0 aromatic rings. The van der Waals surface area contributed by atoms with Gasteiger partial charge in [0.25, 0.3) is 0 Å². The van der Waals surface area contributed by atoms with E-state index in [-0.39, 0.29) is 19.2 Å². The molecule has 1 saturated carbocycles. The zero-order chi connectivity index (χ0) is 12.2. The fourth-order valence-electron chi connectivity index (χ4n) is 1.77. The van der Waals surface area contributed by atoms with Crippen LogP contribution in [0.4, 0.5) is 0 Å². The van der Waals surface area contributed by atoms with Crippen LogP contribution in [0.1, 0.15) is 32.6 Å². The minimum atomic E-state index is -3.29. The van der Waals surface area contributed by atoms with E-state index in [1.165, 1.54) is 0 Å². The van der Waals surface area contributed by atoms with Crippen LogP contribution in [0.25, 0.3) is 0 Å². The molecule has 0 radical (unpaired) electrons. The van der Waals surface area contributed by atoms with Crippen molar-refractivity contribution < 1.29 is 13.5 Å². The minimum Gasteiger partial charge on any atom is -0.396 e. The van der Waals surface area contributed by atoms with Crippen LogP contribution in [0.5, 0.6) is 0 Å². The topological polar surface area (TPSA) is 83.6 Å². The molecule has 6 heteroatoms. The van der Waals surface area contributed by atoms with E-state index in [2.05, 4.69) is 0 Å². The predicted molar refractivity (Wildman–Crippen MR) is 63.5 cm³/mol. The molecular formula is C10H22N2O3S. The highest BCUT2D eigenvalue weighted by molar-refractivity contribution is 7.89. The molecule has 0 aromatic carbocycles. The lowest BCUT2D eigenvalue weighted by atomic mass is 9.93. The van der Waals surface area contributed by atoms with Crippen LogP contribution in [0.3, 0.4) is 0 Å². The SMILES string of the molecule is CC(CN)S(=O)(=O)N(CCCO)C1CCC1. The molecule has 1 atom stereocenters. The fourth-order valence-corrected chi connectivity index (χ4v) is 3.49. The summed E-state index contributed by atoms with van der Waals surface area (Å²) < 4.78 is 25.9. The average molecular weight is 250 g/mol. The molecule has 0 bridgehead atoms. The Balaban J connectivity index is 2.73. The summed E-state index contributed by atoms with van der Waals surface area (Å²) in [5.74, 6) is 0. The molecule has 1 aliphatic carbocycles. The van der Waals surface area contributed by atoms with Crippen molar-refractivity contribution in [2.24, 2.45) is 5.73 Å². The molecule has 0 amide bonds. The Morgan fingerprint density at radius 2 is 2.12 bits per heavy atom. The maximum Gasteiger partial charge on any atom is 0.218 e. The molecule has 3 N–H and O–H groups in total. The van der Waals surface area contributed by atoms with Crippen LogP contribution in [0.15, 0.2) is 0 Å². The van der Waals surface area contributed by atoms with Crippen LogP contribution in [0, 0.1) is 0 Å². The third-order valence-corrected chi connectivity index (χ3v) is 5.53. The molecule has 0 aliphatic heterocycles. The second kappa shape index (κ2) is 5.95. The van der Waals surface area contributed by atoms with E-state index in [1.807, 2.05) is 0 Å². The lowest BCUT2D eigenvalue weighted by Gasteiger charge is -2.37. The molecule has 16 heavy (non-hydrogen) atoms. The molecular weight excluding hydrogens is 228 g/mol. The van der Waals surface area contributed by atoms with Crippen molar-refractivity contribution in [2.75, 3.05) is 19.7 Å². The van der Waals surface area contributed by atoms with Gasteiger partial charge in [-0.15, -0.1) is 0 Å². The normalized spacial score (nSPS) is 19.8. The largest absolute Gasteiger partial charge is 0.396 e. The third-order valence-electron chi connectivity index (χ3n) is 3.19. The fraction of sp³-hybridized carbons (Fsp3) is 1.00. The third kappa shape index (κ3) is 2.94. The van der Waals surface area contributed by atoms with Gasteiger partial charge in [0.05, 0.1) is 5.25 Å². The van der Waals surface area contributed by atoms with E-state index in [4.69, 9.17) is 10.8 Å². The summed E-state index contributed by atoms with van der Waals surface area (Å²) in [5.41, 5.74) is 5.43. The van der Waals surface area contributed by atoms with Gasteiger partial charge >= 0.3 is 0 Å². The standard InChI is InChI=1S/C10H22N2O3S/c1-9(8-11)16(14,15)12(6-3-7-13)10-4-2-5-10/h9-10,13H,2-8,11H2,1H3. The van der Waals surface area contributed by atoms with Gasteiger partial charge in [-0.05, 0) is 26.2 Å². The molecule has 1 rings (SSSR count). The Morgan fingerprint density at radius 1 is 1.50 bits per heavy atom. The summed E-state index contributed by atoms with van der Waals surface area (Å²) in [5, 5.41) is 8.27. The van der Waals surface area contributed by atoms with E-state index in [0.29, 0.717) is 13.0 Å². The highest BCUT2D eigenvalue weighted by Gasteiger charge is 2.35. The second-order valence-electron chi connectivity index (χ2n) is 4.36. The lowest BCUT2D eigenvalue weighted by molar-refractivity contribution is 0.197. The molecule has 96 valence electrons. The van der Waals surface area contributed by atoms with Gasteiger partial charge < -0.3 is 10.8 Å². The van der Waals surface area contributed by atoms with Crippen LogP contribution < -0.4 is 5.73 Å². The Hall–Kier alpha value is -0.170. The average Bonchev–Trinajstić information content (AvgIpc) is 2.19. The summed E-state index contributed by atoms with van der Waals surface area (Å²) in [7, 11) is -3.29. The highest BCUT2D eigenvalue weighted by Crippen LogP contribution is 2.28. The quantitative estimate of drug-likeness (QED) is 0.661. The number of aliphatic hydroxyl groups excluding tert-OH is 1. The first-order valence-electron chi connectivity index (χ1n) is 5.85. The summed E-state index contributed by atoms with van der Waals surface area (Å²) in [6, 6.07) is 0.130. The Kier molecular flexibility index (Phi) is 5.17. The molecule has 0 spiro atoms. The van der Waals surface area contributed by atoms with E-state index in [0.717, 1.165) is 19.3 Å². The molecule has 0 heterocycles. The highest BCUT2D eigenvalue weighted by atomic mass is 32.2. The van der Waals surface area contributed by atoms with E-state index in [9.17, 15) is 8.42 Å². The maximum absolute atomic E-state index is 12.2. The Labute approximate surface area is 97.7 Å². The number of nitrogens with zero attached hydrogens (tertiary/aromatic N) is 1. The van der Waals surface area contributed by atoms with Crippen LogP contribution in [0.2, 0.25) is 0 Å². The van der Waals surface area contributed by atoms with Crippen molar-refractivity contribution in [1.82, 2.24) is 4.31 Å². The number of sulfonamides is 1. The molecule has 1 fully saturated rings. The first-order valence-corrected chi connectivity index (χ1v) is 7.36. The smallest absolute Gasteiger partial charge is 0.218 e. The lowest BCUT2D eigenvalue weighted by Crippen LogP contribution is -2.49. The van der Waals surface area contributed by atoms with Crippen molar-refractivity contribution in [2.45, 2.75) is 43.9 Å². The molecule has 1 unspecified atom stereocenters. The van der Waals surface area contributed by atoms with E-state index in [1.54, 1.807) is 11.2 Å². The zero-order valence-corrected chi connectivity index (χ0v) is 10.6. The van der Waals surface area contributed by atoms with Gasteiger partial charge in [-0.2, -0.15) is 4.31 Å². The number of aliphatic hydroxyl groups is 1. The van der Waals surface area contributed by atoms with Crippen LogP contribution in [-0.2, 0) is 10.0 Å².